The van der Waals surface area contributed by atoms with Crippen LogP contribution in [0.15, 0.2) is 28.7 Å². The van der Waals surface area contributed by atoms with Crippen molar-refractivity contribution in [3.8, 4) is 5.75 Å². The van der Waals surface area contributed by atoms with Gasteiger partial charge in [0.05, 0.1) is 32.2 Å². The molecular weight excluding hydrogens is 368 g/mol. The molecule has 4 nitrogen and oxygen atoms in total. The standard InChI is InChI=1S/C19H27BrN2O2/c1-15-2-6-17(7-3-15)21-10-12-22(13-11-21)19(23)14-24-18-8-4-16(20)5-9-18/h4-5,8-9,15,17H,2-3,6-7,10-14H2,1H3/p+1. The molecule has 0 radical (unpaired) electrons. The Kier molecular flexibility index (Phi) is 6.17. The number of carbonyl (C=O) groups excluding carboxylic acids is 1. The van der Waals surface area contributed by atoms with Crippen molar-refractivity contribution < 1.29 is 14.4 Å². The smallest absolute Gasteiger partial charge is 0.260 e. The quantitative estimate of drug-likeness (QED) is 0.846. The Balaban J connectivity index is 1.41. The Hall–Kier alpha value is -1.07. The van der Waals surface area contributed by atoms with E-state index in [-0.39, 0.29) is 12.5 Å². The van der Waals surface area contributed by atoms with E-state index < -0.39 is 0 Å². The van der Waals surface area contributed by atoms with Crippen molar-refractivity contribution in [1.29, 1.82) is 0 Å². The molecule has 1 aliphatic carbocycles. The molecule has 2 fully saturated rings. The van der Waals surface area contributed by atoms with Gasteiger partial charge in [0.25, 0.3) is 5.91 Å². The van der Waals surface area contributed by atoms with Crippen LogP contribution >= 0.6 is 15.9 Å². The van der Waals surface area contributed by atoms with Gasteiger partial charge in [-0.1, -0.05) is 22.9 Å². The lowest BCUT2D eigenvalue weighted by Gasteiger charge is -2.38. The molecule has 1 saturated carbocycles. The third kappa shape index (κ3) is 4.73. The van der Waals surface area contributed by atoms with Crippen molar-refractivity contribution in [3.05, 3.63) is 28.7 Å². The van der Waals surface area contributed by atoms with Crippen molar-refractivity contribution in [3.63, 3.8) is 0 Å². The van der Waals surface area contributed by atoms with Crippen LogP contribution < -0.4 is 9.64 Å². The number of halogens is 1. The zero-order chi connectivity index (χ0) is 16.9. The minimum absolute atomic E-state index is 0.106. The van der Waals surface area contributed by atoms with Gasteiger partial charge >= 0.3 is 0 Å². The highest BCUT2D eigenvalue weighted by Crippen LogP contribution is 2.22. The highest BCUT2D eigenvalue weighted by atomic mass is 79.9. The summed E-state index contributed by atoms with van der Waals surface area (Å²) in [5.74, 6) is 1.75. The summed E-state index contributed by atoms with van der Waals surface area (Å²) >= 11 is 3.40. The minimum Gasteiger partial charge on any atom is -0.484 e. The molecule has 1 aromatic rings. The third-order valence-electron chi connectivity index (χ3n) is 5.53. The van der Waals surface area contributed by atoms with Crippen LogP contribution in [0.4, 0.5) is 0 Å². The van der Waals surface area contributed by atoms with E-state index in [0.29, 0.717) is 0 Å². The van der Waals surface area contributed by atoms with Gasteiger partial charge < -0.3 is 14.5 Å². The van der Waals surface area contributed by atoms with Gasteiger partial charge in [-0.05, 0) is 55.9 Å². The molecule has 1 amide bonds. The molecule has 24 heavy (non-hydrogen) atoms. The lowest BCUT2D eigenvalue weighted by molar-refractivity contribution is -0.930. The number of amides is 1. The number of rotatable bonds is 4. The van der Waals surface area contributed by atoms with E-state index in [0.717, 1.165) is 48.4 Å². The molecule has 1 heterocycles. The monoisotopic (exact) mass is 395 g/mol. The van der Waals surface area contributed by atoms with Crippen LogP contribution in [0.1, 0.15) is 32.6 Å². The molecular formula is C19H28BrN2O2+. The lowest BCUT2D eigenvalue weighted by atomic mass is 9.86. The molecule has 1 aromatic carbocycles. The zero-order valence-corrected chi connectivity index (χ0v) is 16.1. The van der Waals surface area contributed by atoms with Crippen molar-refractivity contribution >= 4 is 21.8 Å². The van der Waals surface area contributed by atoms with Crippen LogP contribution in [0.5, 0.6) is 5.75 Å². The SMILES string of the molecule is CC1CCC([NH+]2CCN(C(=O)COc3ccc(Br)cc3)CC2)CC1. The summed E-state index contributed by atoms with van der Waals surface area (Å²) < 4.78 is 6.62. The Morgan fingerprint density at radius 2 is 1.79 bits per heavy atom. The highest BCUT2D eigenvalue weighted by molar-refractivity contribution is 9.10. The molecule has 1 aliphatic heterocycles. The molecule has 5 heteroatoms. The number of piperazine rings is 1. The number of benzene rings is 1. The molecule has 1 saturated heterocycles. The Morgan fingerprint density at radius 3 is 2.42 bits per heavy atom. The summed E-state index contributed by atoms with van der Waals surface area (Å²) in [6.45, 7) is 6.41. The first-order chi connectivity index (χ1) is 11.6. The predicted octanol–water partition coefficient (Wildman–Crippen LogP) is 2.13. The minimum atomic E-state index is 0.106. The molecule has 1 N–H and O–H groups in total. The van der Waals surface area contributed by atoms with Crippen molar-refractivity contribution in [2.24, 2.45) is 5.92 Å². The first-order valence-electron chi connectivity index (χ1n) is 9.12. The fourth-order valence-electron chi connectivity index (χ4n) is 3.89. The lowest BCUT2D eigenvalue weighted by Crippen LogP contribution is -3.18. The van der Waals surface area contributed by atoms with Gasteiger partial charge in [-0.15, -0.1) is 0 Å². The van der Waals surface area contributed by atoms with E-state index in [9.17, 15) is 4.79 Å². The Labute approximate surface area is 153 Å². The van der Waals surface area contributed by atoms with Gasteiger partial charge in [0.1, 0.15) is 5.75 Å². The second-order valence-corrected chi connectivity index (χ2v) is 8.15. The summed E-state index contributed by atoms with van der Waals surface area (Å²) in [7, 11) is 0. The van der Waals surface area contributed by atoms with Crippen LogP contribution in [0.25, 0.3) is 0 Å². The topological polar surface area (TPSA) is 34.0 Å². The number of carbonyl (C=O) groups is 1. The van der Waals surface area contributed by atoms with E-state index in [1.54, 1.807) is 4.90 Å². The predicted molar refractivity (Wildman–Crippen MR) is 98.3 cm³/mol. The van der Waals surface area contributed by atoms with Crippen molar-refractivity contribution in [1.82, 2.24) is 4.90 Å². The van der Waals surface area contributed by atoms with Crippen molar-refractivity contribution in [2.75, 3.05) is 32.8 Å². The van der Waals surface area contributed by atoms with E-state index in [2.05, 4.69) is 22.9 Å². The van der Waals surface area contributed by atoms with Gasteiger partial charge in [0.2, 0.25) is 0 Å². The summed E-state index contributed by atoms with van der Waals surface area (Å²) in [6.07, 6.45) is 5.46. The maximum absolute atomic E-state index is 12.3. The Bertz CT molecular complexity index is 533. The summed E-state index contributed by atoms with van der Waals surface area (Å²) in [6, 6.07) is 8.42. The first-order valence-corrected chi connectivity index (χ1v) is 9.92. The van der Waals surface area contributed by atoms with E-state index in [4.69, 9.17) is 4.74 Å². The number of quaternary nitrogens is 1. The van der Waals surface area contributed by atoms with Crippen molar-refractivity contribution in [2.45, 2.75) is 38.6 Å². The maximum atomic E-state index is 12.3. The zero-order valence-electron chi connectivity index (χ0n) is 14.5. The van der Waals surface area contributed by atoms with Gasteiger partial charge in [-0.25, -0.2) is 0 Å². The van der Waals surface area contributed by atoms with E-state index in [1.165, 1.54) is 25.7 Å². The highest BCUT2D eigenvalue weighted by Gasteiger charge is 2.31. The number of nitrogens with one attached hydrogen (secondary N) is 1. The maximum Gasteiger partial charge on any atom is 0.260 e. The van der Waals surface area contributed by atoms with Gasteiger partial charge in [0.15, 0.2) is 6.61 Å². The number of hydrogen-bond acceptors (Lipinski definition) is 2. The largest absolute Gasteiger partial charge is 0.484 e. The fourth-order valence-corrected chi connectivity index (χ4v) is 4.15. The van der Waals surface area contributed by atoms with E-state index >= 15 is 0 Å². The summed E-state index contributed by atoms with van der Waals surface area (Å²) in [4.78, 5) is 16.0. The van der Waals surface area contributed by atoms with Gasteiger partial charge in [-0.2, -0.15) is 0 Å². The molecule has 3 rings (SSSR count). The Morgan fingerprint density at radius 1 is 1.17 bits per heavy atom. The average molecular weight is 396 g/mol. The number of hydrogen-bond donors (Lipinski definition) is 1. The third-order valence-corrected chi connectivity index (χ3v) is 6.06. The summed E-state index contributed by atoms with van der Waals surface area (Å²) in [5.41, 5.74) is 0. The molecule has 0 unspecified atom stereocenters. The summed E-state index contributed by atoms with van der Waals surface area (Å²) in [5, 5.41) is 0. The second-order valence-electron chi connectivity index (χ2n) is 7.24. The molecule has 2 aliphatic rings. The first kappa shape index (κ1) is 17.7. The number of nitrogens with zero attached hydrogens (tertiary/aromatic N) is 1. The fraction of sp³-hybridized carbons (Fsp3) is 0.632. The average Bonchev–Trinajstić information content (AvgIpc) is 2.62. The van der Waals surface area contributed by atoms with E-state index in [1.807, 2.05) is 29.2 Å². The second kappa shape index (κ2) is 8.34. The normalized spacial score (nSPS) is 25.5. The molecule has 0 atom stereocenters. The molecule has 0 spiro atoms. The van der Waals surface area contributed by atoms with Gasteiger partial charge in [-0.3, -0.25) is 4.79 Å². The number of ether oxygens (including phenoxy) is 1. The van der Waals surface area contributed by atoms with Crippen LogP contribution in [0.2, 0.25) is 0 Å². The molecule has 132 valence electrons. The van der Waals surface area contributed by atoms with Crippen LogP contribution in [-0.2, 0) is 4.79 Å². The molecule has 0 bridgehead atoms. The van der Waals surface area contributed by atoms with Crippen LogP contribution in [0, 0.1) is 5.92 Å². The van der Waals surface area contributed by atoms with Gasteiger partial charge in [0, 0.05) is 4.47 Å². The molecule has 0 aromatic heterocycles. The van der Waals surface area contributed by atoms with Crippen LogP contribution in [0.3, 0.4) is 0 Å². The van der Waals surface area contributed by atoms with Crippen LogP contribution in [-0.4, -0.2) is 49.6 Å².